The number of likely N-dealkylation sites (tertiary alicyclic amines) is 2. The minimum atomic E-state index is -0.638. The van der Waals surface area contributed by atoms with Crippen LogP contribution in [-0.4, -0.2) is 70.3 Å². The van der Waals surface area contributed by atoms with Crippen LogP contribution in [0.5, 0.6) is 0 Å². The lowest BCUT2D eigenvalue weighted by molar-refractivity contribution is -0.136. The van der Waals surface area contributed by atoms with Crippen LogP contribution in [-0.2, 0) is 4.79 Å². The maximum Gasteiger partial charge on any atom is 0.225 e. The predicted molar refractivity (Wildman–Crippen MR) is 81.8 cm³/mol. The number of amides is 1. The van der Waals surface area contributed by atoms with E-state index in [1.54, 1.807) is 0 Å². The largest absolute Gasteiger partial charge is 0.390 e. The van der Waals surface area contributed by atoms with Crippen molar-refractivity contribution in [1.82, 2.24) is 9.80 Å². The summed E-state index contributed by atoms with van der Waals surface area (Å²) in [5.74, 6) is 0.935. The van der Waals surface area contributed by atoms with E-state index >= 15 is 0 Å². The van der Waals surface area contributed by atoms with Crippen LogP contribution in [0.2, 0.25) is 0 Å². The topological polar surface area (TPSA) is 64.0 Å². The van der Waals surface area contributed by atoms with Crippen LogP contribution in [0.1, 0.15) is 40.0 Å². The number of carbonyl (C=O) groups excluding carboxylic acids is 1. The third kappa shape index (κ3) is 3.96. The van der Waals surface area contributed by atoms with Crippen molar-refractivity contribution in [3.05, 3.63) is 0 Å². The molecule has 5 nitrogen and oxygen atoms in total. The Balaban J connectivity index is 1.80. The molecule has 21 heavy (non-hydrogen) atoms. The molecule has 2 aliphatic rings. The zero-order valence-corrected chi connectivity index (χ0v) is 13.5. The van der Waals surface area contributed by atoms with Crippen LogP contribution < -0.4 is 0 Å². The van der Waals surface area contributed by atoms with Gasteiger partial charge < -0.3 is 15.1 Å². The molecule has 2 fully saturated rings. The van der Waals surface area contributed by atoms with Crippen molar-refractivity contribution in [1.29, 1.82) is 0 Å². The summed E-state index contributed by atoms with van der Waals surface area (Å²) < 4.78 is 0. The first-order valence-electron chi connectivity index (χ1n) is 8.29. The van der Waals surface area contributed by atoms with Crippen LogP contribution in [0.25, 0.3) is 0 Å². The van der Waals surface area contributed by atoms with Gasteiger partial charge in [0.25, 0.3) is 0 Å². The molecule has 0 bridgehead atoms. The van der Waals surface area contributed by atoms with Gasteiger partial charge in [-0.3, -0.25) is 9.69 Å². The molecular formula is C16H30N2O3. The number of aliphatic hydroxyl groups excluding tert-OH is 2. The summed E-state index contributed by atoms with van der Waals surface area (Å²) in [7, 11) is 0. The molecule has 0 aromatic rings. The molecule has 0 unspecified atom stereocenters. The van der Waals surface area contributed by atoms with Gasteiger partial charge in [-0.1, -0.05) is 13.8 Å². The van der Waals surface area contributed by atoms with Gasteiger partial charge in [-0.05, 0) is 32.1 Å². The summed E-state index contributed by atoms with van der Waals surface area (Å²) >= 11 is 0. The molecule has 122 valence electrons. The van der Waals surface area contributed by atoms with E-state index in [0.29, 0.717) is 12.3 Å². The number of aliphatic hydroxyl groups is 2. The number of hydrogen-bond acceptors (Lipinski definition) is 4. The molecule has 2 heterocycles. The minimum absolute atomic E-state index is 0.0177. The maximum absolute atomic E-state index is 12.0. The van der Waals surface area contributed by atoms with E-state index in [1.807, 2.05) is 25.7 Å². The average Bonchev–Trinajstić information content (AvgIpc) is 2.48. The highest BCUT2D eigenvalue weighted by Gasteiger charge is 2.34. The number of piperidine rings is 2. The number of nitrogens with zero attached hydrogens (tertiary/aromatic N) is 2. The van der Waals surface area contributed by atoms with Crippen molar-refractivity contribution >= 4 is 5.91 Å². The second kappa shape index (κ2) is 7.07. The molecule has 0 spiro atoms. The van der Waals surface area contributed by atoms with Crippen molar-refractivity contribution in [2.75, 3.05) is 26.2 Å². The summed E-state index contributed by atoms with van der Waals surface area (Å²) in [5.41, 5.74) is 0. The molecule has 2 aliphatic heterocycles. The van der Waals surface area contributed by atoms with Crippen molar-refractivity contribution < 1.29 is 15.0 Å². The first-order chi connectivity index (χ1) is 9.90. The van der Waals surface area contributed by atoms with E-state index < -0.39 is 12.2 Å². The van der Waals surface area contributed by atoms with Crippen LogP contribution in [0.4, 0.5) is 0 Å². The fourth-order valence-electron chi connectivity index (χ4n) is 3.50. The van der Waals surface area contributed by atoms with Gasteiger partial charge in [0, 0.05) is 38.1 Å². The molecular weight excluding hydrogens is 268 g/mol. The molecule has 1 amide bonds. The molecule has 2 rings (SSSR count). The Kier molecular flexibility index (Phi) is 5.63. The molecule has 3 atom stereocenters. The summed E-state index contributed by atoms with van der Waals surface area (Å²) in [5, 5.41) is 19.7. The quantitative estimate of drug-likeness (QED) is 0.805. The highest BCUT2D eigenvalue weighted by Crippen LogP contribution is 2.24. The van der Waals surface area contributed by atoms with Gasteiger partial charge in [-0.25, -0.2) is 0 Å². The van der Waals surface area contributed by atoms with Gasteiger partial charge >= 0.3 is 0 Å². The average molecular weight is 298 g/mol. The highest BCUT2D eigenvalue weighted by atomic mass is 16.3. The molecule has 0 saturated carbocycles. The lowest BCUT2D eigenvalue weighted by Gasteiger charge is -2.42. The van der Waals surface area contributed by atoms with Crippen molar-refractivity contribution in [2.45, 2.75) is 58.3 Å². The number of rotatable bonds is 3. The normalized spacial score (nSPS) is 32.7. The zero-order chi connectivity index (χ0) is 15.6. The molecule has 5 heteroatoms. The van der Waals surface area contributed by atoms with Gasteiger partial charge in [0.1, 0.15) is 0 Å². The summed E-state index contributed by atoms with van der Waals surface area (Å²) in [6.45, 7) is 9.43. The lowest BCUT2D eigenvalue weighted by Crippen LogP contribution is -2.55. The Labute approximate surface area is 127 Å². The third-order valence-corrected chi connectivity index (χ3v) is 5.09. The minimum Gasteiger partial charge on any atom is -0.390 e. The van der Waals surface area contributed by atoms with Crippen LogP contribution >= 0.6 is 0 Å². The van der Waals surface area contributed by atoms with Gasteiger partial charge in [0.2, 0.25) is 5.91 Å². The lowest BCUT2D eigenvalue weighted by atomic mass is 9.91. The van der Waals surface area contributed by atoms with E-state index in [2.05, 4.69) is 4.90 Å². The molecule has 2 N–H and O–H groups in total. The summed E-state index contributed by atoms with van der Waals surface area (Å²) in [6.07, 6.45) is 1.51. The second-order valence-electron chi connectivity index (χ2n) is 7.01. The Morgan fingerprint density at radius 2 is 1.76 bits per heavy atom. The first-order valence-corrected chi connectivity index (χ1v) is 8.29. The van der Waals surface area contributed by atoms with E-state index in [1.165, 1.54) is 0 Å². The standard InChI is InChI=1S/C16H30N2O3/c1-11(2)16(21)17-7-4-13(5-8-17)10-18-9-6-14(19)15(20)12(18)3/h11-15,19-20H,4-10H2,1-3H3/t12-,14-,15-/m1/s1. The van der Waals surface area contributed by atoms with Gasteiger partial charge in [0.05, 0.1) is 12.2 Å². The summed E-state index contributed by atoms with van der Waals surface area (Å²) in [4.78, 5) is 16.3. The number of hydrogen-bond donors (Lipinski definition) is 2. The van der Waals surface area contributed by atoms with E-state index in [-0.39, 0.29) is 17.9 Å². The predicted octanol–water partition coefficient (Wildman–Crippen LogP) is 0.697. The summed E-state index contributed by atoms with van der Waals surface area (Å²) in [6, 6.07) is 0.0177. The highest BCUT2D eigenvalue weighted by molar-refractivity contribution is 5.78. The van der Waals surface area contributed by atoms with Crippen molar-refractivity contribution in [2.24, 2.45) is 11.8 Å². The Morgan fingerprint density at radius 3 is 2.33 bits per heavy atom. The molecule has 0 aromatic heterocycles. The molecule has 0 radical (unpaired) electrons. The Morgan fingerprint density at radius 1 is 1.14 bits per heavy atom. The van der Waals surface area contributed by atoms with Crippen LogP contribution in [0, 0.1) is 11.8 Å². The van der Waals surface area contributed by atoms with Crippen molar-refractivity contribution in [3.8, 4) is 0 Å². The third-order valence-electron chi connectivity index (χ3n) is 5.09. The SMILES string of the molecule is CC(C)C(=O)N1CCC(CN2CC[C@@H](O)[C@H](O)[C@H]2C)CC1. The first kappa shape index (κ1) is 16.7. The van der Waals surface area contributed by atoms with Gasteiger partial charge in [-0.15, -0.1) is 0 Å². The Bertz CT molecular complexity index is 353. The molecule has 2 saturated heterocycles. The van der Waals surface area contributed by atoms with E-state index in [9.17, 15) is 15.0 Å². The van der Waals surface area contributed by atoms with Crippen molar-refractivity contribution in [3.63, 3.8) is 0 Å². The van der Waals surface area contributed by atoms with Gasteiger partial charge in [-0.2, -0.15) is 0 Å². The monoisotopic (exact) mass is 298 g/mol. The molecule has 0 aromatic carbocycles. The Hall–Kier alpha value is -0.650. The second-order valence-corrected chi connectivity index (χ2v) is 7.01. The number of carbonyl (C=O) groups is 1. The van der Waals surface area contributed by atoms with E-state index in [0.717, 1.165) is 39.0 Å². The fraction of sp³-hybridized carbons (Fsp3) is 0.938. The maximum atomic E-state index is 12.0. The van der Waals surface area contributed by atoms with Crippen LogP contribution in [0.15, 0.2) is 0 Å². The van der Waals surface area contributed by atoms with E-state index in [4.69, 9.17) is 0 Å². The fourth-order valence-corrected chi connectivity index (χ4v) is 3.50. The van der Waals surface area contributed by atoms with Gasteiger partial charge in [0.15, 0.2) is 0 Å². The van der Waals surface area contributed by atoms with Crippen LogP contribution in [0.3, 0.4) is 0 Å². The zero-order valence-electron chi connectivity index (χ0n) is 13.5. The molecule has 0 aliphatic carbocycles. The smallest absolute Gasteiger partial charge is 0.225 e.